The molecule has 0 spiro atoms. The summed E-state index contributed by atoms with van der Waals surface area (Å²) in [7, 11) is 0. The minimum Gasteiger partial charge on any atom is -0.369 e. The van der Waals surface area contributed by atoms with Gasteiger partial charge in [-0.15, -0.1) is 0 Å². The second-order valence-corrected chi connectivity index (χ2v) is 4.81. The van der Waals surface area contributed by atoms with Crippen molar-refractivity contribution in [3.05, 3.63) is 24.5 Å². The summed E-state index contributed by atoms with van der Waals surface area (Å²) in [5.41, 5.74) is 1.29. The number of anilines is 1. The Balaban J connectivity index is 2.05. The van der Waals surface area contributed by atoms with Crippen LogP contribution in [0.4, 0.5) is 5.69 Å². The van der Waals surface area contributed by atoms with E-state index in [9.17, 15) is 0 Å². The van der Waals surface area contributed by atoms with Crippen molar-refractivity contribution in [2.24, 2.45) is 5.92 Å². The molecule has 1 saturated heterocycles. The van der Waals surface area contributed by atoms with Gasteiger partial charge < -0.3 is 10.2 Å². The van der Waals surface area contributed by atoms with Crippen molar-refractivity contribution in [1.29, 1.82) is 0 Å². The Bertz CT molecular complexity index is 304. The van der Waals surface area contributed by atoms with E-state index < -0.39 is 0 Å². The Labute approximate surface area is 97.9 Å². The fourth-order valence-corrected chi connectivity index (χ4v) is 2.30. The first kappa shape index (κ1) is 11.4. The summed E-state index contributed by atoms with van der Waals surface area (Å²) >= 11 is 0. The molecule has 0 radical (unpaired) electrons. The zero-order chi connectivity index (χ0) is 11.4. The minimum absolute atomic E-state index is 0.544. The Morgan fingerprint density at radius 3 is 2.75 bits per heavy atom. The highest BCUT2D eigenvalue weighted by Crippen LogP contribution is 2.19. The van der Waals surface area contributed by atoms with Crippen LogP contribution in [0.2, 0.25) is 0 Å². The smallest absolute Gasteiger partial charge is 0.0399 e. The molecule has 1 unspecified atom stereocenters. The molecular formula is C13H21N3. The van der Waals surface area contributed by atoms with Crippen molar-refractivity contribution in [3.8, 4) is 0 Å². The van der Waals surface area contributed by atoms with Crippen molar-refractivity contribution in [2.45, 2.75) is 26.3 Å². The summed E-state index contributed by atoms with van der Waals surface area (Å²) in [6, 6.07) is 4.74. The maximum atomic E-state index is 4.08. The second-order valence-electron chi connectivity index (χ2n) is 4.81. The van der Waals surface area contributed by atoms with Gasteiger partial charge in [-0.05, 0) is 51.4 Å². The number of hydrogen-bond acceptors (Lipinski definition) is 3. The molecule has 0 saturated carbocycles. The SMILES string of the molecule is CC(C)N(CC1CCNC1)c1ccncc1. The predicted molar refractivity (Wildman–Crippen MR) is 67.7 cm³/mol. The van der Waals surface area contributed by atoms with Gasteiger partial charge in [-0.2, -0.15) is 0 Å². The van der Waals surface area contributed by atoms with Gasteiger partial charge in [-0.3, -0.25) is 4.98 Å². The molecule has 1 atom stereocenters. The lowest BCUT2D eigenvalue weighted by Crippen LogP contribution is -2.36. The van der Waals surface area contributed by atoms with Crippen LogP contribution < -0.4 is 10.2 Å². The van der Waals surface area contributed by atoms with E-state index in [-0.39, 0.29) is 0 Å². The van der Waals surface area contributed by atoms with Gasteiger partial charge in [0.2, 0.25) is 0 Å². The molecule has 3 heteroatoms. The van der Waals surface area contributed by atoms with E-state index >= 15 is 0 Å². The summed E-state index contributed by atoms with van der Waals surface area (Å²) in [5, 5.41) is 3.43. The number of nitrogens with one attached hydrogen (secondary N) is 1. The lowest BCUT2D eigenvalue weighted by Gasteiger charge is -2.31. The molecule has 1 aliphatic rings. The molecule has 0 aromatic carbocycles. The third-order valence-corrected chi connectivity index (χ3v) is 3.23. The minimum atomic E-state index is 0.544. The Morgan fingerprint density at radius 1 is 1.44 bits per heavy atom. The third-order valence-electron chi connectivity index (χ3n) is 3.23. The Hall–Kier alpha value is -1.09. The topological polar surface area (TPSA) is 28.2 Å². The van der Waals surface area contributed by atoms with E-state index in [0.29, 0.717) is 6.04 Å². The lowest BCUT2D eigenvalue weighted by atomic mass is 10.1. The number of rotatable bonds is 4. The number of nitrogens with zero attached hydrogens (tertiary/aromatic N) is 2. The first-order chi connectivity index (χ1) is 7.77. The highest BCUT2D eigenvalue weighted by Gasteiger charge is 2.20. The van der Waals surface area contributed by atoms with Gasteiger partial charge in [-0.25, -0.2) is 0 Å². The van der Waals surface area contributed by atoms with Crippen molar-refractivity contribution in [3.63, 3.8) is 0 Å². The fraction of sp³-hybridized carbons (Fsp3) is 0.615. The third kappa shape index (κ3) is 2.73. The van der Waals surface area contributed by atoms with Crippen LogP contribution in [0.15, 0.2) is 24.5 Å². The van der Waals surface area contributed by atoms with Gasteiger partial charge in [0.25, 0.3) is 0 Å². The molecule has 1 aromatic rings. The summed E-state index contributed by atoms with van der Waals surface area (Å²) in [6.45, 7) is 7.99. The van der Waals surface area contributed by atoms with E-state index in [1.165, 1.54) is 18.7 Å². The van der Waals surface area contributed by atoms with Crippen LogP contribution in [-0.2, 0) is 0 Å². The van der Waals surface area contributed by atoms with Gasteiger partial charge in [0.05, 0.1) is 0 Å². The van der Waals surface area contributed by atoms with Gasteiger partial charge in [-0.1, -0.05) is 0 Å². The van der Waals surface area contributed by atoms with Crippen LogP contribution in [0, 0.1) is 5.92 Å². The summed E-state index contributed by atoms with van der Waals surface area (Å²) < 4.78 is 0. The number of hydrogen-bond donors (Lipinski definition) is 1. The van der Waals surface area contributed by atoms with Gasteiger partial charge in [0.1, 0.15) is 0 Å². The molecule has 3 nitrogen and oxygen atoms in total. The maximum Gasteiger partial charge on any atom is 0.0399 e. The monoisotopic (exact) mass is 219 g/mol. The average molecular weight is 219 g/mol. The quantitative estimate of drug-likeness (QED) is 0.838. The van der Waals surface area contributed by atoms with Crippen LogP contribution in [0.5, 0.6) is 0 Å². The maximum absolute atomic E-state index is 4.08. The van der Waals surface area contributed by atoms with E-state index in [2.05, 4.69) is 41.2 Å². The van der Waals surface area contributed by atoms with Crippen LogP contribution >= 0.6 is 0 Å². The normalized spacial score (nSPS) is 20.3. The molecular weight excluding hydrogens is 198 g/mol. The van der Waals surface area contributed by atoms with E-state index in [4.69, 9.17) is 0 Å². The zero-order valence-electron chi connectivity index (χ0n) is 10.2. The summed E-state index contributed by atoms with van der Waals surface area (Å²) in [4.78, 5) is 6.55. The number of aromatic nitrogens is 1. The summed E-state index contributed by atoms with van der Waals surface area (Å²) in [5.74, 6) is 0.788. The molecule has 1 aromatic heterocycles. The van der Waals surface area contributed by atoms with Crippen LogP contribution in [0.1, 0.15) is 20.3 Å². The highest BCUT2D eigenvalue weighted by atomic mass is 15.2. The molecule has 1 aliphatic heterocycles. The van der Waals surface area contributed by atoms with Gasteiger partial charge >= 0.3 is 0 Å². The van der Waals surface area contributed by atoms with Crippen LogP contribution in [0.25, 0.3) is 0 Å². The van der Waals surface area contributed by atoms with Crippen LogP contribution in [0.3, 0.4) is 0 Å². The van der Waals surface area contributed by atoms with Gasteiger partial charge in [0.15, 0.2) is 0 Å². The first-order valence-corrected chi connectivity index (χ1v) is 6.15. The molecule has 2 heterocycles. The Morgan fingerprint density at radius 2 is 2.19 bits per heavy atom. The molecule has 16 heavy (non-hydrogen) atoms. The molecule has 2 rings (SSSR count). The van der Waals surface area contributed by atoms with E-state index in [1.807, 2.05) is 12.4 Å². The van der Waals surface area contributed by atoms with Crippen molar-refractivity contribution in [2.75, 3.05) is 24.5 Å². The molecule has 88 valence electrons. The highest BCUT2D eigenvalue weighted by molar-refractivity contribution is 5.45. The van der Waals surface area contributed by atoms with E-state index in [0.717, 1.165) is 19.0 Å². The molecule has 0 aliphatic carbocycles. The predicted octanol–water partition coefficient (Wildman–Crippen LogP) is 1.91. The standard InChI is InChI=1S/C13H21N3/c1-11(2)16(10-12-3-6-15-9-12)13-4-7-14-8-5-13/h4-5,7-8,11-12,15H,3,6,9-10H2,1-2H3. The largest absolute Gasteiger partial charge is 0.369 e. The Kier molecular flexibility index (Phi) is 3.78. The number of pyridine rings is 1. The average Bonchev–Trinajstić information content (AvgIpc) is 2.79. The molecule has 1 fully saturated rings. The van der Waals surface area contributed by atoms with E-state index in [1.54, 1.807) is 0 Å². The van der Waals surface area contributed by atoms with Crippen molar-refractivity contribution >= 4 is 5.69 Å². The van der Waals surface area contributed by atoms with Gasteiger partial charge in [0, 0.05) is 30.7 Å². The second kappa shape index (κ2) is 5.30. The van der Waals surface area contributed by atoms with Crippen molar-refractivity contribution in [1.82, 2.24) is 10.3 Å². The zero-order valence-corrected chi connectivity index (χ0v) is 10.2. The van der Waals surface area contributed by atoms with Crippen molar-refractivity contribution < 1.29 is 0 Å². The van der Waals surface area contributed by atoms with Crippen LogP contribution in [-0.4, -0.2) is 30.7 Å². The lowest BCUT2D eigenvalue weighted by molar-refractivity contribution is 0.532. The molecule has 1 N–H and O–H groups in total. The first-order valence-electron chi connectivity index (χ1n) is 6.15. The molecule has 0 amide bonds. The summed E-state index contributed by atoms with van der Waals surface area (Å²) in [6.07, 6.45) is 5.05. The molecule has 0 bridgehead atoms. The fourth-order valence-electron chi connectivity index (χ4n) is 2.30.